The maximum absolute atomic E-state index is 10.5. The van der Waals surface area contributed by atoms with Gasteiger partial charge in [0.15, 0.2) is 0 Å². The van der Waals surface area contributed by atoms with Gasteiger partial charge in [-0.05, 0) is 23.3 Å². The van der Waals surface area contributed by atoms with E-state index in [4.69, 9.17) is 10.2 Å². The van der Waals surface area contributed by atoms with E-state index in [9.17, 15) is 9.59 Å². The monoisotopic (exact) mass is 296 g/mol. The van der Waals surface area contributed by atoms with E-state index in [0.717, 1.165) is 11.1 Å². The SMILES string of the molecule is C=Cc1ccccc1C=C.O=C(O)c1ccccc1C(=O)O. The zero-order valence-electron chi connectivity index (χ0n) is 11.9. The highest BCUT2D eigenvalue weighted by atomic mass is 16.4. The summed E-state index contributed by atoms with van der Waals surface area (Å²) in [6.07, 6.45) is 3.66. The summed E-state index contributed by atoms with van der Waals surface area (Å²) in [5.74, 6) is -2.46. The van der Waals surface area contributed by atoms with Crippen LogP contribution in [0.25, 0.3) is 12.2 Å². The highest BCUT2D eigenvalue weighted by molar-refractivity contribution is 6.01. The Morgan fingerprint density at radius 1 is 0.727 bits per heavy atom. The first-order valence-corrected chi connectivity index (χ1v) is 6.40. The van der Waals surface area contributed by atoms with Crippen molar-refractivity contribution in [3.63, 3.8) is 0 Å². The van der Waals surface area contributed by atoms with E-state index in [-0.39, 0.29) is 11.1 Å². The van der Waals surface area contributed by atoms with E-state index in [1.165, 1.54) is 24.3 Å². The second-order valence-corrected chi connectivity index (χ2v) is 4.19. The Morgan fingerprint density at radius 3 is 1.32 bits per heavy atom. The molecule has 0 fully saturated rings. The number of hydrogen-bond donors (Lipinski definition) is 2. The minimum atomic E-state index is -1.23. The summed E-state index contributed by atoms with van der Waals surface area (Å²) in [6, 6.07) is 13.5. The maximum Gasteiger partial charge on any atom is 0.336 e. The Labute approximate surface area is 128 Å². The van der Waals surface area contributed by atoms with Gasteiger partial charge in [-0.2, -0.15) is 0 Å². The predicted octanol–water partition coefficient (Wildman–Crippen LogP) is 4.06. The van der Waals surface area contributed by atoms with Crippen LogP contribution in [0.1, 0.15) is 31.8 Å². The molecule has 2 aromatic carbocycles. The summed E-state index contributed by atoms with van der Waals surface area (Å²) >= 11 is 0. The van der Waals surface area contributed by atoms with E-state index in [1.54, 1.807) is 0 Å². The molecule has 2 N–H and O–H groups in total. The van der Waals surface area contributed by atoms with Crippen LogP contribution in [0.2, 0.25) is 0 Å². The first-order valence-electron chi connectivity index (χ1n) is 6.40. The minimum Gasteiger partial charge on any atom is -0.478 e. The Kier molecular flexibility index (Phi) is 6.32. The second kappa shape index (κ2) is 8.21. The molecule has 0 radical (unpaired) electrons. The van der Waals surface area contributed by atoms with Crippen molar-refractivity contribution in [3.05, 3.63) is 83.9 Å². The van der Waals surface area contributed by atoms with Gasteiger partial charge in [0.2, 0.25) is 0 Å². The molecule has 4 heteroatoms. The molecular formula is C18H16O4. The summed E-state index contributed by atoms with van der Waals surface area (Å²) < 4.78 is 0. The third-order valence-electron chi connectivity index (χ3n) is 2.82. The first-order chi connectivity index (χ1) is 10.5. The quantitative estimate of drug-likeness (QED) is 0.892. The summed E-state index contributed by atoms with van der Waals surface area (Å²) in [7, 11) is 0. The summed E-state index contributed by atoms with van der Waals surface area (Å²) in [6.45, 7) is 7.38. The molecule has 0 aliphatic carbocycles. The van der Waals surface area contributed by atoms with Crippen molar-refractivity contribution in [1.82, 2.24) is 0 Å². The highest BCUT2D eigenvalue weighted by Crippen LogP contribution is 2.10. The summed E-state index contributed by atoms with van der Waals surface area (Å²) in [4.78, 5) is 20.9. The first kappa shape index (κ1) is 16.9. The van der Waals surface area contributed by atoms with Gasteiger partial charge < -0.3 is 10.2 Å². The van der Waals surface area contributed by atoms with E-state index in [0.29, 0.717) is 0 Å². The van der Waals surface area contributed by atoms with Gasteiger partial charge in [-0.1, -0.05) is 61.7 Å². The summed E-state index contributed by atoms with van der Waals surface area (Å²) in [5, 5.41) is 17.1. The fourth-order valence-corrected chi connectivity index (χ4v) is 1.74. The molecule has 0 aliphatic rings. The van der Waals surface area contributed by atoms with Crippen LogP contribution in [-0.2, 0) is 0 Å². The smallest absolute Gasteiger partial charge is 0.336 e. The summed E-state index contributed by atoms with van der Waals surface area (Å²) in [5.41, 5.74) is 1.89. The number of carboxylic acids is 2. The van der Waals surface area contributed by atoms with Gasteiger partial charge >= 0.3 is 11.9 Å². The molecule has 0 unspecified atom stereocenters. The van der Waals surface area contributed by atoms with Crippen LogP contribution in [-0.4, -0.2) is 22.2 Å². The van der Waals surface area contributed by atoms with Gasteiger partial charge in [0.05, 0.1) is 11.1 Å². The molecule has 2 aromatic rings. The lowest BCUT2D eigenvalue weighted by Crippen LogP contribution is -2.06. The molecule has 112 valence electrons. The number of hydrogen-bond acceptors (Lipinski definition) is 2. The molecular weight excluding hydrogens is 280 g/mol. The number of carboxylic acid groups (broad SMARTS) is 2. The van der Waals surface area contributed by atoms with Crippen molar-refractivity contribution in [1.29, 1.82) is 0 Å². The number of benzene rings is 2. The van der Waals surface area contributed by atoms with Gasteiger partial charge in [-0.25, -0.2) is 9.59 Å². The minimum absolute atomic E-state index is 0.190. The molecule has 0 bridgehead atoms. The molecule has 0 aliphatic heterocycles. The van der Waals surface area contributed by atoms with Gasteiger partial charge in [0.1, 0.15) is 0 Å². The average Bonchev–Trinajstić information content (AvgIpc) is 2.55. The van der Waals surface area contributed by atoms with Gasteiger partial charge in [0.25, 0.3) is 0 Å². The van der Waals surface area contributed by atoms with Crippen molar-refractivity contribution in [2.24, 2.45) is 0 Å². The standard InChI is InChI=1S/C10H10.C8H6O4/c1-3-9-7-5-6-8-10(9)4-2;9-7(10)5-3-1-2-4-6(5)8(11)12/h3-8H,1-2H2;1-4H,(H,9,10)(H,11,12). The molecule has 0 saturated heterocycles. The molecule has 0 amide bonds. The fourth-order valence-electron chi connectivity index (χ4n) is 1.74. The number of rotatable bonds is 4. The predicted molar refractivity (Wildman–Crippen MR) is 87.0 cm³/mol. The van der Waals surface area contributed by atoms with Crippen LogP contribution in [0.4, 0.5) is 0 Å². The topological polar surface area (TPSA) is 74.6 Å². The van der Waals surface area contributed by atoms with Crippen LogP contribution in [0.15, 0.2) is 61.7 Å². The number of carbonyl (C=O) groups is 2. The normalized spacial score (nSPS) is 9.09. The molecule has 22 heavy (non-hydrogen) atoms. The van der Waals surface area contributed by atoms with E-state index in [1.807, 2.05) is 36.4 Å². The Balaban J connectivity index is 0.000000224. The Morgan fingerprint density at radius 2 is 1.05 bits per heavy atom. The van der Waals surface area contributed by atoms with Crippen LogP contribution in [0.3, 0.4) is 0 Å². The van der Waals surface area contributed by atoms with Crippen molar-refractivity contribution in [2.45, 2.75) is 0 Å². The fraction of sp³-hybridized carbons (Fsp3) is 0. The van der Waals surface area contributed by atoms with Crippen LogP contribution in [0, 0.1) is 0 Å². The molecule has 0 atom stereocenters. The molecule has 0 spiro atoms. The van der Waals surface area contributed by atoms with E-state index < -0.39 is 11.9 Å². The van der Waals surface area contributed by atoms with Crippen molar-refractivity contribution in [3.8, 4) is 0 Å². The Bertz CT molecular complexity index is 642. The van der Waals surface area contributed by atoms with Crippen LogP contribution >= 0.6 is 0 Å². The third-order valence-corrected chi connectivity index (χ3v) is 2.82. The maximum atomic E-state index is 10.5. The molecule has 0 saturated carbocycles. The average molecular weight is 296 g/mol. The highest BCUT2D eigenvalue weighted by Gasteiger charge is 2.13. The molecule has 0 heterocycles. The van der Waals surface area contributed by atoms with Crippen molar-refractivity contribution in [2.75, 3.05) is 0 Å². The molecule has 2 rings (SSSR count). The second-order valence-electron chi connectivity index (χ2n) is 4.19. The van der Waals surface area contributed by atoms with Gasteiger partial charge in [-0.15, -0.1) is 0 Å². The lowest BCUT2D eigenvalue weighted by molar-refractivity contribution is 0.0651. The lowest BCUT2D eigenvalue weighted by Gasteiger charge is -1.98. The van der Waals surface area contributed by atoms with Gasteiger partial charge in [-0.3, -0.25) is 0 Å². The molecule has 4 nitrogen and oxygen atoms in total. The Hall–Kier alpha value is -3.14. The van der Waals surface area contributed by atoms with Crippen molar-refractivity contribution < 1.29 is 19.8 Å². The van der Waals surface area contributed by atoms with Crippen LogP contribution in [0.5, 0.6) is 0 Å². The number of aromatic carboxylic acids is 2. The van der Waals surface area contributed by atoms with Crippen LogP contribution < -0.4 is 0 Å². The van der Waals surface area contributed by atoms with Crippen molar-refractivity contribution >= 4 is 24.1 Å². The lowest BCUT2D eigenvalue weighted by atomic mass is 10.1. The van der Waals surface area contributed by atoms with Gasteiger partial charge in [0, 0.05) is 0 Å². The van der Waals surface area contributed by atoms with E-state index >= 15 is 0 Å². The zero-order valence-corrected chi connectivity index (χ0v) is 11.9. The van der Waals surface area contributed by atoms with E-state index in [2.05, 4.69) is 13.2 Å². The third kappa shape index (κ3) is 4.45. The molecule has 0 aromatic heterocycles. The largest absolute Gasteiger partial charge is 0.478 e. The zero-order chi connectivity index (χ0) is 16.5.